The number of carboxylic acid groups (broad SMARTS) is 2. The quantitative estimate of drug-likeness (QED) is 0.431. The minimum Gasteiger partial charge on any atom is -0.515 e. The third kappa shape index (κ3) is 11.3. The number of aliphatic carboxylic acids is 2. The van der Waals surface area contributed by atoms with Crippen molar-refractivity contribution in [3.05, 3.63) is 11.8 Å². The van der Waals surface area contributed by atoms with E-state index in [1.807, 2.05) is 0 Å². The highest BCUT2D eigenvalue weighted by molar-refractivity contribution is 5.85. The summed E-state index contributed by atoms with van der Waals surface area (Å²) in [6, 6.07) is 0. The first kappa shape index (κ1) is 13.1. The highest BCUT2D eigenvalue weighted by Crippen LogP contribution is 1.86. The van der Waals surface area contributed by atoms with Crippen LogP contribution < -0.4 is 0 Å². The fourth-order valence-electron chi connectivity index (χ4n) is 0.0552. The first-order chi connectivity index (χ1) is 5.45. The Balaban J connectivity index is 0. The monoisotopic (exact) mass is 176 g/mol. The molecule has 0 saturated heterocycles. The van der Waals surface area contributed by atoms with Crippen molar-refractivity contribution in [1.82, 2.24) is 0 Å². The zero-order valence-electron chi connectivity index (χ0n) is 6.94. The van der Waals surface area contributed by atoms with Crippen LogP contribution in [0, 0.1) is 0 Å². The van der Waals surface area contributed by atoms with Crippen molar-refractivity contribution >= 4 is 11.9 Å². The van der Waals surface area contributed by atoms with Crippen LogP contribution in [0.15, 0.2) is 11.8 Å². The van der Waals surface area contributed by atoms with Crippen LogP contribution in [0.1, 0.15) is 20.3 Å². The molecule has 0 bridgehead atoms. The minimum absolute atomic E-state index is 0.0556. The maximum atomic E-state index is 9.70. The van der Waals surface area contributed by atoms with Gasteiger partial charge in [-0.25, -0.2) is 4.79 Å². The Hall–Kier alpha value is -1.52. The molecule has 0 unspecified atom stereocenters. The lowest BCUT2D eigenvalue weighted by Crippen LogP contribution is -1.94. The molecule has 0 atom stereocenters. The maximum absolute atomic E-state index is 9.70. The number of hydrogen-bond donors (Lipinski definition) is 3. The van der Waals surface area contributed by atoms with Crippen molar-refractivity contribution in [3.63, 3.8) is 0 Å². The van der Waals surface area contributed by atoms with Crippen molar-refractivity contribution in [2.45, 2.75) is 20.3 Å². The predicted octanol–water partition coefficient (Wildman–Crippen LogP) is 1.01. The lowest BCUT2D eigenvalue weighted by molar-refractivity contribution is -0.136. The molecule has 5 heteroatoms. The number of aliphatic hydroxyl groups excluding tert-OH is 1. The number of aliphatic hydroxyl groups is 1. The molecule has 0 aliphatic rings. The van der Waals surface area contributed by atoms with Crippen LogP contribution >= 0.6 is 0 Å². The average Bonchev–Trinajstić information content (AvgIpc) is 2.04. The zero-order valence-corrected chi connectivity index (χ0v) is 6.94. The van der Waals surface area contributed by atoms with E-state index in [1.165, 1.54) is 6.92 Å². The van der Waals surface area contributed by atoms with E-state index in [4.69, 9.17) is 15.3 Å². The topological polar surface area (TPSA) is 94.8 Å². The molecule has 0 aromatic carbocycles. The van der Waals surface area contributed by atoms with Gasteiger partial charge in [-0.15, -0.1) is 0 Å². The Morgan fingerprint density at radius 1 is 1.33 bits per heavy atom. The van der Waals surface area contributed by atoms with Crippen LogP contribution in [0.5, 0.6) is 0 Å². The Bertz CT molecular complexity index is 182. The minimum atomic E-state index is -1.09. The third-order valence-corrected chi connectivity index (χ3v) is 0.833. The maximum Gasteiger partial charge on any atom is 0.334 e. The molecule has 0 aromatic rings. The first-order valence-electron chi connectivity index (χ1n) is 3.21. The summed E-state index contributed by atoms with van der Waals surface area (Å²) in [6.45, 7) is 2.91. The van der Waals surface area contributed by atoms with Gasteiger partial charge in [0.15, 0.2) is 0 Å². The number of carbonyl (C=O) groups is 2. The summed E-state index contributed by atoms with van der Waals surface area (Å²) in [6.07, 6.45) is 0.780. The second-order valence-electron chi connectivity index (χ2n) is 1.86. The van der Waals surface area contributed by atoms with Crippen molar-refractivity contribution in [2.75, 3.05) is 0 Å². The van der Waals surface area contributed by atoms with Gasteiger partial charge in [0.2, 0.25) is 0 Å². The van der Waals surface area contributed by atoms with Crippen molar-refractivity contribution in [2.24, 2.45) is 0 Å². The number of carboxylic acids is 2. The van der Waals surface area contributed by atoms with E-state index in [1.54, 1.807) is 6.92 Å². The summed E-state index contributed by atoms with van der Waals surface area (Å²) < 4.78 is 0. The number of hydrogen-bond acceptors (Lipinski definition) is 3. The van der Waals surface area contributed by atoms with E-state index < -0.39 is 11.9 Å². The third-order valence-electron chi connectivity index (χ3n) is 0.833. The van der Waals surface area contributed by atoms with Crippen LogP contribution in [-0.2, 0) is 9.59 Å². The molecule has 0 aliphatic heterocycles. The van der Waals surface area contributed by atoms with Crippen LogP contribution in [0.4, 0.5) is 0 Å². The summed E-state index contributed by atoms with van der Waals surface area (Å²) in [4.78, 5) is 19.1. The molecule has 12 heavy (non-hydrogen) atoms. The van der Waals surface area contributed by atoms with Crippen molar-refractivity contribution in [3.8, 4) is 0 Å². The molecule has 0 heterocycles. The Morgan fingerprint density at radius 3 is 1.67 bits per heavy atom. The predicted molar refractivity (Wildman–Crippen MR) is 41.9 cm³/mol. The fourth-order valence-corrected chi connectivity index (χ4v) is 0.0552. The lowest BCUT2D eigenvalue weighted by atomic mass is 10.4. The van der Waals surface area contributed by atoms with Gasteiger partial charge in [0.1, 0.15) is 0 Å². The van der Waals surface area contributed by atoms with E-state index in [2.05, 4.69) is 0 Å². The standard InChI is InChI=1S/C4H6O3.C3H6O2/c1-3(2-5)4(6)7;1-2-3(4)5/h2,5H,1H3,(H,6,7);2H2,1H3,(H,4,5). The molecule has 0 saturated carbocycles. The highest BCUT2D eigenvalue weighted by Gasteiger charge is 1.95. The second kappa shape index (κ2) is 7.59. The van der Waals surface area contributed by atoms with Crippen molar-refractivity contribution < 1.29 is 24.9 Å². The van der Waals surface area contributed by atoms with Crippen LogP contribution in [0.25, 0.3) is 0 Å². The summed E-state index contributed by atoms with van der Waals surface area (Å²) in [7, 11) is 0. The summed E-state index contributed by atoms with van der Waals surface area (Å²) >= 11 is 0. The molecule has 0 spiro atoms. The lowest BCUT2D eigenvalue weighted by Gasteiger charge is -1.83. The van der Waals surface area contributed by atoms with Crippen LogP contribution in [0.2, 0.25) is 0 Å². The largest absolute Gasteiger partial charge is 0.515 e. The van der Waals surface area contributed by atoms with Gasteiger partial charge < -0.3 is 15.3 Å². The van der Waals surface area contributed by atoms with Gasteiger partial charge in [0.25, 0.3) is 0 Å². The molecule has 5 nitrogen and oxygen atoms in total. The Labute approximate surface area is 70.0 Å². The summed E-state index contributed by atoms with van der Waals surface area (Å²) in [5, 5.41) is 23.6. The van der Waals surface area contributed by atoms with E-state index >= 15 is 0 Å². The highest BCUT2D eigenvalue weighted by atomic mass is 16.4. The zero-order chi connectivity index (χ0) is 10.1. The molecular formula is C7H12O5. The first-order valence-corrected chi connectivity index (χ1v) is 3.21. The van der Waals surface area contributed by atoms with Gasteiger partial charge in [0, 0.05) is 6.42 Å². The molecular weight excluding hydrogens is 164 g/mol. The normalized spacial score (nSPS) is 9.67. The van der Waals surface area contributed by atoms with E-state index in [-0.39, 0.29) is 12.0 Å². The van der Waals surface area contributed by atoms with Gasteiger partial charge in [-0.3, -0.25) is 4.79 Å². The summed E-state index contributed by atoms with van der Waals surface area (Å²) in [5.74, 6) is -1.84. The SMILES string of the molecule is CC(=CO)C(=O)O.CCC(=O)O. The Morgan fingerprint density at radius 2 is 1.67 bits per heavy atom. The molecule has 3 N–H and O–H groups in total. The van der Waals surface area contributed by atoms with E-state index in [0.29, 0.717) is 6.26 Å². The summed E-state index contributed by atoms with van der Waals surface area (Å²) in [5.41, 5.74) is -0.0556. The van der Waals surface area contributed by atoms with Gasteiger partial charge >= 0.3 is 11.9 Å². The van der Waals surface area contributed by atoms with Gasteiger partial charge in [0.05, 0.1) is 11.8 Å². The van der Waals surface area contributed by atoms with Gasteiger partial charge in [-0.05, 0) is 6.92 Å². The Kier molecular flexibility index (Phi) is 8.28. The molecule has 0 aliphatic carbocycles. The number of rotatable bonds is 2. The van der Waals surface area contributed by atoms with E-state index in [9.17, 15) is 9.59 Å². The average molecular weight is 176 g/mol. The molecule has 70 valence electrons. The van der Waals surface area contributed by atoms with Crippen molar-refractivity contribution in [1.29, 1.82) is 0 Å². The van der Waals surface area contributed by atoms with E-state index in [0.717, 1.165) is 0 Å². The molecule has 0 fully saturated rings. The van der Waals surface area contributed by atoms with Gasteiger partial charge in [-0.2, -0.15) is 0 Å². The molecule has 0 rings (SSSR count). The fraction of sp³-hybridized carbons (Fsp3) is 0.429. The van der Waals surface area contributed by atoms with Gasteiger partial charge in [-0.1, -0.05) is 6.92 Å². The van der Waals surface area contributed by atoms with Crippen LogP contribution in [0.3, 0.4) is 0 Å². The second-order valence-corrected chi connectivity index (χ2v) is 1.86. The molecule has 0 aromatic heterocycles. The molecule has 0 radical (unpaired) electrons. The smallest absolute Gasteiger partial charge is 0.334 e. The van der Waals surface area contributed by atoms with Crippen LogP contribution in [-0.4, -0.2) is 27.3 Å². The molecule has 0 amide bonds.